The molecule has 0 saturated carbocycles. The van der Waals surface area contributed by atoms with Gasteiger partial charge in [-0.3, -0.25) is 10.1 Å². The zero-order valence-electron chi connectivity index (χ0n) is 11.5. The van der Waals surface area contributed by atoms with Crippen LogP contribution in [-0.2, 0) is 0 Å². The second-order valence-corrected chi connectivity index (χ2v) is 4.91. The zero-order valence-corrected chi connectivity index (χ0v) is 12.3. The number of para-hydroxylation sites is 1. The van der Waals surface area contributed by atoms with Gasteiger partial charge in [-0.15, -0.1) is 0 Å². The quantitative estimate of drug-likeness (QED) is 0.860. The van der Waals surface area contributed by atoms with Crippen LogP contribution >= 0.6 is 12.2 Å². The van der Waals surface area contributed by atoms with E-state index in [0.717, 1.165) is 11.3 Å². The first kappa shape index (κ1) is 14.2. The Bertz CT molecular complexity index is 608. The molecular formula is C16H16N2OS. The van der Waals surface area contributed by atoms with Crippen LogP contribution in [0.4, 0.5) is 5.69 Å². The summed E-state index contributed by atoms with van der Waals surface area (Å²) in [4.78, 5) is 13.8. The van der Waals surface area contributed by atoms with Crippen molar-refractivity contribution in [3.63, 3.8) is 0 Å². The number of hydrogen-bond acceptors (Lipinski definition) is 2. The average Bonchev–Trinajstić information content (AvgIpc) is 2.48. The van der Waals surface area contributed by atoms with Crippen molar-refractivity contribution in [1.82, 2.24) is 5.32 Å². The molecular weight excluding hydrogens is 268 g/mol. The second-order valence-electron chi connectivity index (χ2n) is 4.52. The van der Waals surface area contributed by atoms with Crippen molar-refractivity contribution in [2.45, 2.75) is 6.92 Å². The van der Waals surface area contributed by atoms with E-state index in [1.54, 1.807) is 17.0 Å². The highest BCUT2D eigenvalue weighted by Gasteiger charge is 2.11. The Kier molecular flexibility index (Phi) is 4.48. The fourth-order valence-corrected chi connectivity index (χ4v) is 1.93. The van der Waals surface area contributed by atoms with Crippen LogP contribution in [0.25, 0.3) is 0 Å². The number of benzene rings is 2. The summed E-state index contributed by atoms with van der Waals surface area (Å²) in [5.74, 6) is -0.196. The number of thiocarbonyl (C=S) groups is 1. The number of amides is 1. The van der Waals surface area contributed by atoms with Crippen LogP contribution in [0.3, 0.4) is 0 Å². The molecule has 1 N–H and O–H groups in total. The standard InChI is InChI=1S/C16H16N2OS/c1-12-8-10-13(11-9-12)15(19)17-16(20)18(2)14-6-4-3-5-7-14/h3-11H,1-2H3,(H,17,19,20). The van der Waals surface area contributed by atoms with E-state index in [1.807, 2.05) is 56.4 Å². The zero-order chi connectivity index (χ0) is 14.5. The van der Waals surface area contributed by atoms with Crippen molar-refractivity contribution in [2.24, 2.45) is 0 Å². The number of carbonyl (C=O) groups is 1. The third-order valence-electron chi connectivity index (χ3n) is 2.98. The van der Waals surface area contributed by atoms with E-state index in [4.69, 9.17) is 12.2 Å². The predicted octanol–water partition coefficient (Wildman–Crippen LogP) is 3.15. The van der Waals surface area contributed by atoms with Gasteiger partial charge in [-0.1, -0.05) is 35.9 Å². The van der Waals surface area contributed by atoms with Gasteiger partial charge in [-0.05, 0) is 43.4 Å². The second kappa shape index (κ2) is 6.30. The molecule has 2 aromatic carbocycles. The maximum atomic E-state index is 12.1. The summed E-state index contributed by atoms with van der Waals surface area (Å²) in [6.07, 6.45) is 0. The van der Waals surface area contributed by atoms with E-state index in [-0.39, 0.29) is 5.91 Å². The molecule has 0 radical (unpaired) electrons. The van der Waals surface area contributed by atoms with Crippen molar-refractivity contribution in [2.75, 3.05) is 11.9 Å². The number of carbonyl (C=O) groups excluding carboxylic acids is 1. The summed E-state index contributed by atoms with van der Waals surface area (Å²) in [6.45, 7) is 1.98. The molecule has 2 aromatic rings. The monoisotopic (exact) mass is 284 g/mol. The molecule has 0 aliphatic heterocycles. The van der Waals surface area contributed by atoms with Crippen molar-refractivity contribution in [3.05, 3.63) is 65.7 Å². The van der Waals surface area contributed by atoms with Gasteiger partial charge in [-0.25, -0.2) is 0 Å². The lowest BCUT2D eigenvalue weighted by Gasteiger charge is -2.20. The Morgan fingerprint density at radius 1 is 1.05 bits per heavy atom. The number of hydrogen-bond donors (Lipinski definition) is 1. The minimum Gasteiger partial charge on any atom is -0.322 e. The molecule has 20 heavy (non-hydrogen) atoms. The first-order valence-corrected chi connectivity index (χ1v) is 6.69. The maximum Gasteiger partial charge on any atom is 0.257 e. The molecule has 0 aromatic heterocycles. The first-order chi connectivity index (χ1) is 9.58. The van der Waals surface area contributed by atoms with E-state index < -0.39 is 0 Å². The molecule has 0 unspecified atom stereocenters. The van der Waals surface area contributed by atoms with Gasteiger partial charge in [0.05, 0.1) is 0 Å². The van der Waals surface area contributed by atoms with Gasteiger partial charge in [0.2, 0.25) is 0 Å². The highest BCUT2D eigenvalue weighted by Crippen LogP contribution is 2.11. The lowest BCUT2D eigenvalue weighted by Crippen LogP contribution is -2.40. The molecule has 0 fully saturated rings. The molecule has 0 bridgehead atoms. The van der Waals surface area contributed by atoms with Gasteiger partial charge in [0, 0.05) is 18.3 Å². The van der Waals surface area contributed by atoms with Crippen LogP contribution in [0.2, 0.25) is 0 Å². The van der Waals surface area contributed by atoms with Crippen LogP contribution in [0.5, 0.6) is 0 Å². The lowest BCUT2D eigenvalue weighted by atomic mass is 10.1. The Morgan fingerprint density at radius 3 is 2.25 bits per heavy atom. The summed E-state index contributed by atoms with van der Waals surface area (Å²) in [5, 5.41) is 3.11. The molecule has 0 saturated heterocycles. The topological polar surface area (TPSA) is 32.3 Å². The summed E-state index contributed by atoms with van der Waals surface area (Å²) < 4.78 is 0. The Labute approximate surface area is 124 Å². The highest BCUT2D eigenvalue weighted by atomic mass is 32.1. The molecule has 0 aliphatic carbocycles. The highest BCUT2D eigenvalue weighted by molar-refractivity contribution is 7.80. The maximum absolute atomic E-state index is 12.1. The summed E-state index contributed by atoms with van der Waals surface area (Å²) in [5.41, 5.74) is 2.65. The Hall–Kier alpha value is -2.20. The molecule has 3 nitrogen and oxygen atoms in total. The third-order valence-corrected chi connectivity index (χ3v) is 3.36. The predicted molar refractivity (Wildman–Crippen MR) is 86.1 cm³/mol. The summed E-state index contributed by atoms with van der Waals surface area (Å²) in [6, 6.07) is 17.0. The molecule has 102 valence electrons. The molecule has 0 spiro atoms. The first-order valence-electron chi connectivity index (χ1n) is 6.28. The third kappa shape index (κ3) is 3.42. The fourth-order valence-electron chi connectivity index (χ4n) is 1.73. The van der Waals surface area contributed by atoms with Crippen molar-refractivity contribution in [3.8, 4) is 0 Å². The van der Waals surface area contributed by atoms with Crippen LogP contribution in [0.15, 0.2) is 54.6 Å². The number of aryl methyl sites for hydroxylation is 1. The van der Waals surface area contributed by atoms with E-state index in [1.165, 1.54) is 0 Å². The molecule has 1 amide bonds. The summed E-state index contributed by atoms with van der Waals surface area (Å²) >= 11 is 5.25. The molecule has 2 rings (SSSR count). The number of nitrogens with zero attached hydrogens (tertiary/aromatic N) is 1. The van der Waals surface area contributed by atoms with Crippen LogP contribution < -0.4 is 10.2 Å². The van der Waals surface area contributed by atoms with Crippen LogP contribution in [0.1, 0.15) is 15.9 Å². The molecule has 0 aliphatic rings. The smallest absolute Gasteiger partial charge is 0.257 e. The van der Waals surface area contributed by atoms with Gasteiger partial charge in [-0.2, -0.15) is 0 Å². The van der Waals surface area contributed by atoms with Crippen molar-refractivity contribution >= 4 is 28.9 Å². The van der Waals surface area contributed by atoms with E-state index in [9.17, 15) is 4.79 Å². The summed E-state index contributed by atoms with van der Waals surface area (Å²) in [7, 11) is 1.83. The minimum absolute atomic E-state index is 0.196. The number of anilines is 1. The van der Waals surface area contributed by atoms with E-state index in [0.29, 0.717) is 10.7 Å². The fraction of sp³-hybridized carbons (Fsp3) is 0.125. The largest absolute Gasteiger partial charge is 0.322 e. The lowest BCUT2D eigenvalue weighted by molar-refractivity contribution is 0.0977. The molecule has 4 heteroatoms. The molecule has 0 heterocycles. The van der Waals surface area contributed by atoms with Crippen LogP contribution in [-0.4, -0.2) is 18.1 Å². The van der Waals surface area contributed by atoms with Crippen molar-refractivity contribution < 1.29 is 4.79 Å². The van der Waals surface area contributed by atoms with E-state index in [2.05, 4.69) is 5.32 Å². The Morgan fingerprint density at radius 2 is 1.65 bits per heavy atom. The Balaban J connectivity index is 2.04. The SMILES string of the molecule is Cc1ccc(C(=O)NC(=S)N(C)c2ccccc2)cc1. The number of rotatable bonds is 2. The average molecular weight is 284 g/mol. The normalized spacial score (nSPS) is 9.90. The van der Waals surface area contributed by atoms with E-state index >= 15 is 0 Å². The molecule has 0 atom stereocenters. The van der Waals surface area contributed by atoms with Crippen molar-refractivity contribution in [1.29, 1.82) is 0 Å². The van der Waals surface area contributed by atoms with Gasteiger partial charge >= 0.3 is 0 Å². The van der Waals surface area contributed by atoms with Gasteiger partial charge in [0.25, 0.3) is 5.91 Å². The van der Waals surface area contributed by atoms with Gasteiger partial charge in [0.15, 0.2) is 5.11 Å². The number of nitrogens with one attached hydrogen (secondary N) is 1. The van der Waals surface area contributed by atoms with Gasteiger partial charge < -0.3 is 4.90 Å². The van der Waals surface area contributed by atoms with Gasteiger partial charge in [0.1, 0.15) is 0 Å². The van der Waals surface area contributed by atoms with Crippen LogP contribution in [0, 0.1) is 6.92 Å². The minimum atomic E-state index is -0.196.